The molecule has 0 aliphatic rings. The van der Waals surface area contributed by atoms with Gasteiger partial charge in [0, 0.05) is 0 Å². The van der Waals surface area contributed by atoms with Gasteiger partial charge in [-0.1, -0.05) is 0 Å². The molecule has 0 saturated heterocycles. The first-order chi connectivity index (χ1) is 4.85. The molecule has 0 aromatic carbocycles. The summed E-state index contributed by atoms with van der Waals surface area (Å²) in [6.45, 7) is 2.26. The molecule has 0 aromatic rings. The van der Waals surface area contributed by atoms with Crippen LogP contribution >= 0.6 is 0 Å². The first-order valence-corrected chi connectivity index (χ1v) is 3.95. The predicted molar refractivity (Wildman–Crippen MR) is 55.8 cm³/mol. The SMILES string of the molecule is NCCC(CCN)CCN.[GeH4]. The topological polar surface area (TPSA) is 78.1 Å². The van der Waals surface area contributed by atoms with Gasteiger partial charge >= 0.3 is 17.6 Å². The van der Waals surface area contributed by atoms with Gasteiger partial charge < -0.3 is 17.2 Å². The zero-order chi connectivity index (χ0) is 7.82. The normalized spacial score (nSPS) is 9.82. The minimum absolute atomic E-state index is 0. The third kappa shape index (κ3) is 8.33. The zero-order valence-corrected chi connectivity index (χ0v) is 6.55. The molecule has 0 spiro atoms. The van der Waals surface area contributed by atoms with Crippen LogP contribution in [0.4, 0.5) is 0 Å². The molecule has 70 valence electrons. The summed E-state index contributed by atoms with van der Waals surface area (Å²) in [7, 11) is 0. The van der Waals surface area contributed by atoms with Crippen LogP contribution in [0.15, 0.2) is 0 Å². The molecule has 0 heterocycles. The second-order valence-corrected chi connectivity index (χ2v) is 2.60. The summed E-state index contributed by atoms with van der Waals surface area (Å²) in [5, 5.41) is 0. The molecule has 4 heteroatoms. The van der Waals surface area contributed by atoms with Gasteiger partial charge in [-0.2, -0.15) is 0 Å². The van der Waals surface area contributed by atoms with Gasteiger partial charge in [0.15, 0.2) is 0 Å². The van der Waals surface area contributed by atoms with Crippen LogP contribution in [0.2, 0.25) is 0 Å². The second kappa shape index (κ2) is 10.4. The van der Waals surface area contributed by atoms with Crippen LogP contribution < -0.4 is 17.2 Å². The van der Waals surface area contributed by atoms with Crippen molar-refractivity contribution in [3.63, 3.8) is 0 Å². The van der Waals surface area contributed by atoms with Crippen molar-refractivity contribution >= 4 is 17.6 Å². The fourth-order valence-electron chi connectivity index (χ4n) is 1.14. The van der Waals surface area contributed by atoms with Crippen LogP contribution in [0, 0.1) is 5.92 Å². The summed E-state index contributed by atoms with van der Waals surface area (Å²) in [5.74, 6) is 0.653. The molecule has 0 unspecified atom stereocenters. The molecule has 0 radical (unpaired) electrons. The fraction of sp³-hybridized carbons (Fsp3) is 1.00. The van der Waals surface area contributed by atoms with Crippen molar-refractivity contribution < 1.29 is 0 Å². The van der Waals surface area contributed by atoms with Crippen molar-refractivity contribution in [2.75, 3.05) is 19.6 Å². The van der Waals surface area contributed by atoms with Gasteiger partial charge in [0.2, 0.25) is 0 Å². The standard InChI is InChI=1S/C7H19N3.GeH4/c8-4-1-7(2-5-9)3-6-10;/h7H,1-6,8-10H2;1H4. The number of rotatable bonds is 6. The van der Waals surface area contributed by atoms with Crippen LogP contribution in [-0.4, -0.2) is 37.2 Å². The van der Waals surface area contributed by atoms with Crippen molar-refractivity contribution in [2.45, 2.75) is 19.3 Å². The average Bonchev–Trinajstić information content (AvgIpc) is 1.90. The Labute approximate surface area is 80.0 Å². The maximum absolute atomic E-state index is 5.41. The van der Waals surface area contributed by atoms with E-state index in [-0.39, 0.29) is 17.6 Å². The van der Waals surface area contributed by atoms with Crippen molar-refractivity contribution in [3.8, 4) is 0 Å². The number of hydrogen-bond donors (Lipinski definition) is 3. The minimum atomic E-state index is 0. The average molecular weight is 222 g/mol. The van der Waals surface area contributed by atoms with Gasteiger partial charge in [-0.05, 0) is 44.8 Å². The van der Waals surface area contributed by atoms with Crippen molar-refractivity contribution in [1.29, 1.82) is 0 Å². The first-order valence-electron chi connectivity index (χ1n) is 3.95. The van der Waals surface area contributed by atoms with Gasteiger partial charge in [-0.3, -0.25) is 0 Å². The van der Waals surface area contributed by atoms with Crippen LogP contribution in [0.5, 0.6) is 0 Å². The van der Waals surface area contributed by atoms with Gasteiger partial charge in [0.25, 0.3) is 0 Å². The molecule has 0 saturated carbocycles. The van der Waals surface area contributed by atoms with Crippen molar-refractivity contribution in [3.05, 3.63) is 0 Å². The van der Waals surface area contributed by atoms with Crippen molar-refractivity contribution in [1.82, 2.24) is 0 Å². The molecule has 0 aliphatic heterocycles. The number of hydrogen-bond acceptors (Lipinski definition) is 3. The van der Waals surface area contributed by atoms with E-state index in [9.17, 15) is 0 Å². The quantitative estimate of drug-likeness (QED) is 0.464. The van der Waals surface area contributed by atoms with E-state index >= 15 is 0 Å². The Hall–Kier alpha value is 0.423. The Morgan fingerprint density at radius 1 is 0.727 bits per heavy atom. The Balaban J connectivity index is 0. The molecule has 11 heavy (non-hydrogen) atoms. The van der Waals surface area contributed by atoms with Crippen LogP contribution in [0.3, 0.4) is 0 Å². The summed E-state index contributed by atoms with van der Waals surface area (Å²) in [4.78, 5) is 0. The Kier molecular flexibility index (Phi) is 13.2. The van der Waals surface area contributed by atoms with Crippen molar-refractivity contribution in [2.24, 2.45) is 23.1 Å². The van der Waals surface area contributed by atoms with E-state index in [1.54, 1.807) is 0 Å². The third-order valence-corrected chi connectivity index (χ3v) is 1.72. The van der Waals surface area contributed by atoms with E-state index in [1.165, 1.54) is 0 Å². The van der Waals surface area contributed by atoms with Crippen LogP contribution in [0.1, 0.15) is 19.3 Å². The summed E-state index contributed by atoms with van der Waals surface area (Å²) >= 11 is 0. The molecule has 6 N–H and O–H groups in total. The summed E-state index contributed by atoms with van der Waals surface area (Å²) < 4.78 is 0. The summed E-state index contributed by atoms with van der Waals surface area (Å²) in [5.41, 5.74) is 16.2. The molecule has 0 atom stereocenters. The zero-order valence-electron chi connectivity index (χ0n) is 6.55. The van der Waals surface area contributed by atoms with E-state index in [2.05, 4.69) is 0 Å². The molecule has 0 fully saturated rings. The predicted octanol–water partition coefficient (Wildman–Crippen LogP) is -1.80. The molecule has 0 amide bonds. The van der Waals surface area contributed by atoms with Gasteiger partial charge in [-0.15, -0.1) is 0 Å². The fourth-order valence-corrected chi connectivity index (χ4v) is 1.14. The molecular weight excluding hydrogens is 199 g/mol. The summed E-state index contributed by atoms with van der Waals surface area (Å²) in [6.07, 6.45) is 3.19. The monoisotopic (exact) mass is 223 g/mol. The Morgan fingerprint density at radius 2 is 1.00 bits per heavy atom. The van der Waals surface area contributed by atoms with E-state index < -0.39 is 0 Å². The molecule has 3 nitrogen and oxygen atoms in total. The second-order valence-electron chi connectivity index (χ2n) is 2.60. The molecule has 0 rings (SSSR count). The first kappa shape index (κ1) is 14.0. The van der Waals surface area contributed by atoms with Crippen LogP contribution in [0.25, 0.3) is 0 Å². The van der Waals surface area contributed by atoms with Gasteiger partial charge in [0.1, 0.15) is 0 Å². The Bertz CT molecular complexity index is 56.4. The maximum atomic E-state index is 5.41. The molecule has 0 aliphatic carbocycles. The van der Waals surface area contributed by atoms with E-state index in [1.807, 2.05) is 0 Å². The Morgan fingerprint density at radius 3 is 1.18 bits per heavy atom. The summed E-state index contributed by atoms with van der Waals surface area (Å²) in [6, 6.07) is 0. The van der Waals surface area contributed by atoms with E-state index in [0.717, 1.165) is 38.9 Å². The third-order valence-electron chi connectivity index (χ3n) is 1.72. The van der Waals surface area contributed by atoms with E-state index in [4.69, 9.17) is 17.2 Å². The van der Waals surface area contributed by atoms with Gasteiger partial charge in [-0.25, -0.2) is 0 Å². The molecular formula is C7H23GeN3. The molecule has 0 aromatic heterocycles. The van der Waals surface area contributed by atoms with E-state index in [0.29, 0.717) is 5.92 Å². The van der Waals surface area contributed by atoms with Crippen LogP contribution in [-0.2, 0) is 0 Å². The number of nitrogens with two attached hydrogens (primary N) is 3. The van der Waals surface area contributed by atoms with Gasteiger partial charge in [0.05, 0.1) is 0 Å². The molecule has 0 bridgehead atoms.